The SMILES string of the molecule is CC(=O)Oc1cc([C@H]2OC(=O)C(CN3CCOCC3)[C@H]2c2ccccc2Br)ccc1OCc1ccccc1. The number of ether oxygens (including phenoxy) is 4. The van der Waals surface area contributed by atoms with E-state index in [1.54, 1.807) is 12.1 Å². The molecule has 8 heteroatoms. The molecule has 0 N–H and O–H groups in total. The van der Waals surface area contributed by atoms with Crippen LogP contribution in [0.3, 0.4) is 0 Å². The standard InChI is InChI=1S/C30H30BrNO6/c1-20(33)37-27-17-22(11-12-26(27)36-19-21-7-3-2-4-8-21)29-28(23-9-5-6-10-25(23)31)24(30(34)38-29)18-32-13-15-35-16-14-32/h2-12,17,24,28-29H,13-16,18-19H2,1H3/t24?,28-,29-/m1/s1. The third kappa shape index (κ3) is 6.09. The fraction of sp³-hybridized carbons (Fsp3) is 0.333. The molecule has 38 heavy (non-hydrogen) atoms. The van der Waals surface area contributed by atoms with E-state index in [1.165, 1.54) is 6.92 Å². The van der Waals surface area contributed by atoms with Crippen molar-refractivity contribution in [2.24, 2.45) is 5.92 Å². The number of carbonyl (C=O) groups excluding carboxylic acids is 2. The third-order valence-electron chi connectivity index (χ3n) is 6.92. The summed E-state index contributed by atoms with van der Waals surface area (Å²) >= 11 is 3.69. The predicted molar refractivity (Wildman–Crippen MR) is 145 cm³/mol. The first kappa shape index (κ1) is 26.4. The van der Waals surface area contributed by atoms with E-state index in [9.17, 15) is 9.59 Å². The maximum atomic E-state index is 13.3. The molecular weight excluding hydrogens is 550 g/mol. The van der Waals surface area contributed by atoms with Crippen LogP contribution in [0.2, 0.25) is 0 Å². The average molecular weight is 580 g/mol. The fourth-order valence-corrected chi connectivity index (χ4v) is 5.63. The lowest BCUT2D eigenvalue weighted by Gasteiger charge is -2.30. The van der Waals surface area contributed by atoms with Gasteiger partial charge in [0, 0.05) is 36.9 Å². The van der Waals surface area contributed by atoms with Crippen molar-refractivity contribution in [3.8, 4) is 11.5 Å². The maximum Gasteiger partial charge on any atom is 0.311 e. The number of hydrogen-bond donors (Lipinski definition) is 0. The normalized spacial score (nSPS) is 21.6. The molecule has 0 aliphatic carbocycles. The molecule has 7 nitrogen and oxygen atoms in total. The molecule has 2 heterocycles. The maximum absolute atomic E-state index is 13.3. The summed E-state index contributed by atoms with van der Waals surface area (Å²) in [5, 5.41) is 0. The second-order valence-corrected chi connectivity index (χ2v) is 10.4. The highest BCUT2D eigenvalue weighted by molar-refractivity contribution is 9.10. The van der Waals surface area contributed by atoms with Crippen LogP contribution in [0.15, 0.2) is 77.3 Å². The zero-order valence-electron chi connectivity index (χ0n) is 21.2. The van der Waals surface area contributed by atoms with E-state index >= 15 is 0 Å². The van der Waals surface area contributed by atoms with Gasteiger partial charge in [-0.15, -0.1) is 0 Å². The van der Waals surface area contributed by atoms with Gasteiger partial charge in [-0.2, -0.15) is 0 Å². The van der Waals surface area contributed by atoms with Crippen molar-refractivity contribution in [3.05, 3.63) is 94.0 Å². The Labute approximate surface area is 230 Å². The summed E-state index contributed by atoms with van der Waals surface area (Å²) in [4.78, 5) is 27.5. The minimum Gasteiger partial charge on any atom is -0.485 e. The van der Waals surface area contributed by atoms with Gasteiger partial charge in [0.25, 0.3) is 0 Å². The Morgan fingerprint density at radius 1 is 1.00 bits per heavy atom. The van der Waals surface area contributed by atoms with E-state index in [4.69, 9.17) is 18.9 Å². The monoisotopic (exact) mass is 579 g/mol. The Morgan fingerprint density at radius 3 is 2.47 bits per heavy atom. The van der Waals surface area contributed by atoms with Crippen LogP contribution in [0.1, 0.15) is 35.6 Å². The van der Waals surface area contributed by atoms with E-state index in [1.807, 2.05) is 60.7 Å². The van der Waals surface area contributed by atoms with Gasteiger partial charge >= 0.3 is 11.9 Å². The minimum absolute atomic E-state index is 0.234. The molecule has 0 amide bonds. The molecule has 198 valence electrons. The minimum atomic E-state index is -0.551. The number of halogens is 1. The first-order chi connectivity index (χ1) is 18.5. The van der Waals surface area contributed by atoms with Gasteiger partial charge in [0.1, 0.15) is 12.7 Å². The van der Waals surface area contributed by atoms with Crippen molar-refractivity contribution in [2.75, 3.05) is 32.8 Å². The quantitative estimate of drug-likeness (QED) is 0.265. The predicted octanol–water partition coefficient (Wildman–Crippen LogP) is 5.28. The lowest BCUT2D eigenvalue weighted by molar-refractivity contribution is -0.145. The van der Waals surface area contributed by atoms with E-state index < -0.39 is 12.1 Å². The van der Waals surface area contributed by atoms with Crippen LogP contribution in [0, 0.1) is 5.92 Å². The molecule has 5 rings (SSSR count). The van der Waals surface area contributed by atoms with Gasteiger partial charge in [-0.1, -0.05) is 70.5 Å². The fourth-order valence-electron chi connectivity index (χ4n) is 5.08. The first-order valence-corrected chi connectivity index (χ1v) is 13.5. The lowest BCUT2D eigenvalue weighted by atomic mass is 9.81. The summed E-state index contributed by atoms with van der Waals surface area (Å²) in [5.74, 6) is -0.544. The molecule has 2 aliphatic heterocycles. The van der Waals surface area contributed by atoms with Gasteiger partial charge in [-0.05, 0) is 34.9 Å². The van der Waals surface area contributed by atoms with Crippen molar-refractivity contribution >= 4 is 27.9 Å². The van der Waals surface area contributed by atoms with Crippen LogP contribution in [0.5, 0.6) is 11.5 Å². The van der Waals surface area contributed by atoms with Gasteiger partial charge < -0.3 is 18.9 Å². The summed E-state index contributed by atoms with van der Waals surface area (Å²) in [6.07, 6.45) is -0.551. The third-order valence-corrected chi connectivity index (χ3v) is 7.64. The van der Waals surface area contributed by atoms with E-state index in [2.05, 4.69) is 20.8 Å². The van der Waals surface area contributed by atoms with Crippen LogP contribution in [0.4, 0.5) is 0 Å². The molecule has 0 bridgehead atoms. The molecule has 0 saturated carbocycles. The van der Waals surface area contributed by atoms with Crippen molar-refractivity contribution in [1.29, 1.82) is 0 Å². The Bertz CT molecular complexity index is 1280. The zero-order chi connectivity index (χ0) is 26.5. The van der Waals surface area contributed by atoms with Crippen molar-refractivity contribution in [2.45, 2.75) is 25.6 Å². The number of cyclic esters (lactones) is 1. The van der Waals surface area contributed by atoms with E-state index in [-0.39, 0.29) is 17.8 Å². The second-order valence-electron chi connectivity index (χ2n) is 9.50. The van der Waals surface area contributed by atoms with Crippen LogP contribution in [-0.4, -0.2) is 49.7 Å². The Kier molecular flexibility index (Phi) is 8.42. The Hall–Kier alpha value is -3.20. The van der Waals surface area contributed by atoms with Crippen LogP contribution in [-0.2, 0) is 25.7 Å². The number of hydrogen-bond acceptors (Lipinski definition) is 7. The molecule has 1 unspecified atom stereocenters. The summed E-state index contributed by atoms with van der Waals surface area (Å²) < 4.78 is 24.0. The van der Waals surface area contributed by atoms with Crippen LogP contribution < -0.4 is 9.47 Å². The molecule has 2 aliphatic rings. The molecule has 3 aromatic rings. The van der Waals surface area contributed by atoms with Crippen molar-refractivity contribution in [1.82, 2.24) is 4.90 Å². The van der Waals surface area contributed by atoms with E-state index in [0.717, 1.165) is 34.3 Å². The van der Waals surface area contributed by atoms with Gasteiger partial charge in [-0.25, -0.2) is 0 Å². The van der Waals surface area contributed by atoms with Crippen molar-refractivity contribution < 1.29 is 28.5 Å². The number of rotatable bonds is 8. The van der Waals surface area contributed by atoms with Crippen LogP contribution in [0.25, 0.3) is 0 Å². The Morgan fingerprint density at radius 2 is 1.74 bits per heavy atom. The van der Waals surface area contributed by atoms with Crippen molar-refractivity contribution in [3.63, 3.8) is 0 Å². The van der Waals surface area contributed by atoms with E-state index in [0.29, 0.717) is 37.9 Å². The molecule has 2 fully saturated rings. The number of nitrogens with zero attached hydrogens (tertiary/aromatic N) is 1. The number of benzene rings is 3. The zero-order valence-corrected chi connectivity index (χ0v) is 22.8. The number of carbonyl (C=O) groups is 2. The number of morpholine rings is 1. The molecule has 3 atom stereocenters. The van der Waals surface area contributed by atoms with Gasteiger partial charge in [0.05, 0.1) is 19.1 Å². The smallest absolute Gasteiger partial charge is 0.311 e. The molecule has 3 aromatic carbocycles. The lowest BCUT2D eigenvalue weighted by Crippen LogP contribution is -2.41. The van der Waals surface area contributed by atoms with Gasteiger partial charge in [-0.3, -0.25) is 14.5 Å². The molecule has 2 saturated heterocycles. The highest BCUT2D eigenvalue weighted by Crippen LogP contribution is 2.49. The molecule has 0 radical (unpaired) electrons. The topological polar surface area (TPSA) is 74.3 Å². The highest BCUT2D eigenvalue weighted by Gasteiger charge is 2.47. The average Bonchev–Trinajstić information content (AvgIpc) is 3.24. The summed E-state index contributed by atoms with van der Waals surface area (Å²) in [6.45, 7) is 5.13. The second kappa shape index (κ2) is 12.1. The summed E-state index contributed by atoms with van der Waals surface area (Å²) in [7, 11) is 0. The summed E-state index contributed by atoms with van der Waals surface area (Å²) in [5.41, 5.74) is 2.74. The van der Waals surface area contributed by atoms with Gasteiger partial charge in [0.2, 0.25) is 0 Å². The molecule has 0 spiro atoms. The number of esters is 2. The largest absolute Gasteiger partial charge is 0.485 e. The highest BCUT2D eigenvalue weighted by atomic mass is 79.9. The van der Waals surface area contributed by atoms with Gasteiger partial charge in [0.15, 0.2) is 11.5 Å². The molecule has 0 aromatic heterocycles. The Balaban J connectivity index is 1.47. The van der Waals surface area contributed by atoms with Crippen LogP contribution >= 0.6 is 15.9 Å². The summed E-state index contributed by atoms with van der Waals surface area (Å²) in [6, 6.07) is 23.1. The molecular formula is C30H30BrNO6. The first-order valence-electron chi connectivity index (χ1n) is 12.7.